The maximum Gasteiger partial charge on any atom is 0.340 e. The highest BCUT2D eigenvalue weighted by atomic mass is 16.5. The molecule has 106 valence electrons. The third-order valence-corrected chi connectivity index (χ3v) is 3.40. The van der Waals surface area contributed by atoms with Crippen molar-refractivity contribution < 1.29 is 9.53 Å². The third kappa shape index (κ3) is 2.33. The van der Waals surface area contributed by atoms with Crippen molar-refractivity contribution in [2.24, 2.45) is 0 Å². The quantitative estimate of drug-likeness (QED) is 0.749. The Balaban J connectivity index is 2.12. The van der Waals surface area contributed by atoms with Crippen molar-refractivity contribution in [2.45, 2.75) is 6.54 Å². The standard InChI is InChI=1S/C16H15N3O2/c1-21-15(20)12-8-5-9-13-14(12)18-16(17)19(13)10-11-6-3-2-4-7-11/h2-9H,10H2,1H3,(H2,17,18). The molecule has 0 spiro atoms. The first-order chi connectivity index (χ1) is 10.2. The number of anilines is 1. The molecule has 1 aromatic heterocycles. The van der Waals surface area contributed by atoms with Gasteiger partial charge in [0.2, 0.25) is 5.95 Å². The van der Waals surface area contributed by atoms with Gasteiger partial charge in [-0.1, -0.05) is 36.4 Å². The van der Waals surface area contributed by atoms with E-state index in [-0.39, 0.29) is 0 Å². The lowest BCUT2D eigenvalue weighted by Crippen LogP contribution is -2.04. The van der Waals surface area contributed by atoms with Gasteiger partial charge in [0.15, 0.2) is 0 Å². The summed E-state index contributed by atoms with van der Waals surface area (Å²) in [4.78, 5) is 16.1. The molecule has 0 saturated carbocycles. The summed E-state index contributed by atoms with van der Waals surface area (Å²) in [5.41, 5.74) is 8.94. The van der Waals surface area contributed by atoms with Crippen LogP contribution >= 0.6 is 0 Å². The fourth-order valence-electron chi connectivity index (χ4n) is 2.37. The molecule has 0 fully saturated rings. The van der Waals surface area contributed by atoms with E-state index in [1.54, 1.807) is 12.1 Å². The van der Waals surface area contributed by atoms with Gasteiger partial charge in [0.25, 0.3) is 0 Å². The second-order valence-electron chi connectivity index (χ2n) is 4.71. The third-order valence-electron chi connectivity index (χ3n) is 3.40. The van der Waals surface area contributed by atoms with E-state index in [0.717, 1.165) is 11.1 Å². The Kier molecular flexibility index (Phi) is 3.31. The summed E-state index contributed by atoms with van der Waals surface area (Å²) in [7, 11) is 1.35. The number of carbonyl (C=O) groups is 1. The van der Waals surface area contributed by atoms with Crippen molar-refractivity contribution in [3.8, 4) is 0 Å². The molecule has 3 aromatic rings. The molecule has 0 aliphatic rings. The Bertz CT molecular complexity index is 794. The van der Waals surface area contributed by atoms with E-state index in [4.69, 9.17) is 10.5 Å². The first kappa shape index (κ1) is 13.2. The van der Waals surface area contributed by atoms with Gasteiger partial charge in [0.05, 0.1) is 24.7 Å². The fraction of sp³-hybridized carbons (Fsp3) is 0.125. The van der Waals surface area contributed by atoms with Crippen LogP contribution in [-0.4, -0.2) is 22.6 Å². The Morgan fingerprint density at radius 3 is 2.67 bits per heavy atom. The number of ether oxygens (including phenoxy) is 1. The summed E-state index contributed by atoms with van der Waals surface area (Å²) in [6.07, 6.45) is 0. The minimum Gasteiger partial charge on any atom is -0.465 e. The summed E-state index contributed by atoms with van der Waals surface area (Å²) in [6.45, 7) is 0.605. The van der Waals surface area contributed by atoms with Crippen LogP contribution in [0.1, 0.15) is 15.9 Å². The van der Waals surface area contributed by atoms with E-state index >= 15 is 0 Å². The predicted molar refractivity (Wildman–Crippen MR) is 81.0 cm³/mol. The van der Waals surface area contributed by atoms with Gasteiger partial charge < -0.3 is 15.0 Å². The number of fused-ring (bicyclic) bond motifs is 1. The number of nitrogens with zero attached hydrogens (tertiary/aromatic N) is 2. The highest BCUT2D eigenvalue weighted by molar-refractivity contribution is 6.02. The van der Waals surface area contributed by atoms with Gasteiger partial charge in [0, 0.05) is 0 Å². The average molecular weight is 281 g/mol. The molecule has 0 aliphatic carbocycles. The maximum absolute atomic E-state index is 11.8. The van der Waals surface area contributed by atoms with Crippen LogP contribution in [0, 0.1) is 0 Å². The molecule has 1 heterocycles. The molecule has 2 aromatic carbocycles. The molecule has 0 amide bonds. The van der Waals surface area contributed by atoms with Crippen LogP contribution < -0.4 is 5.73 Å². The van der Waals surface area contributed by atoms with Crippen LogP contribution in [0.5, 0.6) is 0 Å². The van der Waals surface area contributed by atoms with Crippen molar-refractivity contribution in [2.75, 3.05) is 12.8 Å². The first-order valence-corrected chi connectivity index (χ1v) is 6.57. The number of carbonyl (C=O) groups excluding carboxylic acids is 1. The molecule has 2 N–H and O–H groups in total. The number of benzene rings is 2. The summed E-state index contributed by atoms with van der Waals surface area (Å²) < 4.78 is 6.67. The molecule has 5 heteroatoms. The van der Waals surface area contributed by atoms with E-state index in [1.165, 1.54) is 7.11 Å². The number of imidazole rings is 1. The second-order valence-corrected chi connectivity index (χ2v) is 4.71. The van der Waals surface area contributed by atoms with Crippen LogP contribution in [0.25, 0.3) is 11.0 Å². The number of hydrogen-bond donors (Lipinski definition) is 1. The van der Waals surface area contributed by atoms with Crippen molar-refractivity contribution in [1.82, 2.24) is 9.55 Å². The van der Waals surface area contributed by atoms with E-state index in [9.17, 15) is 4.79 Å². The van der Waals surface area contributed by atoms with Crippen LogP contribution in [0.15, 0.2) is 48.5 Å². The van der Waals surface area contributed by atoms with Crippen LogP contribution in [0.3, 0.4) is 0 Å². The van der Waals surface area contributed by atoms with Gasteiger partial charge >= 0.3 is 5.97 Å². The molecule has 0 saturated heterocycles. The topological polar surface area (TPSA) is 70.1 Å². The van der Waals surface area contributed by atoms with Gasteiger partial charge in [-0.3, -0.25) is 0 Å². The van der Waals surface area contributed by atoms with Crippen molar-refractivity contribution in [3.05, 3.63) is 59.7 Å². The lowest BCUT2D eigenvalue weighted by molar-refractivity contribution is 0.0603. The second kappa shape index (κ2) is 5.28. The lowest BCUT2D eigenvalue weighted by atomic mass is 10.2. The average Bonchev–Trinajstić information content (AvgIpc) is 2.83. The van der Waals surface area contributed by atoms with E-state index < -0.39 is 5.97 Å². The summed E-state index contributed by atoms with van der Waals surface area (Å²) >= 11 is 0. The number of para-hydroxylation sites is 1. The molecule has 0 bridgehead atoms. The van der Waals surface area contributed by atoms with Crippen molar-refractivity contribution >= 4 is 23.0 Å². The Hall–Kier alpha value is -2.82. The number of hydrogen-bond acceptors (Lipinski definition) is 4. The van der Waals surface area contributed by atoms with E-state index in [0.29, 0.717) is 23.6 Å². The zero-order valence-electron chi connectivity index (χ0n) is 11.6. The molecule has 0 aliphatic heterocycles. The largest absolute Gasteiger partial charge is 0.465 e. The summed E-state index contributed by atoms with van der Waals surface area (Å²) in [5, 5.41) is 0. The molecule has 3 rings (SSSR count). The summed E-state index contributed by atoms with van der Waals surface area (Å²) in [6, 6.07) is 15.4. The number of esters is 1. The normalized spacial score (nSPS) is 10.7. The number of aromatic nitrogens is 2. The number of nitrogens with two attached hydrogens (primary N) is 1. The van der Waals surface area contributed by atoms with Gasteiger partial charge in [-0.25, -0.2) is 9.78 Å². The molecule has 21 heavy (non-hydrogen) atoms. The number of nitrogen functional groups attached to an aromatic ring is 1. The van der Waals surface area contributed by atoms with Crippen molar-refractivity contribution in [3.63, 3.8) is 0 Å². The SMILES string of the molecule is COC(=O)c1cccc2c1nc(N)n2Cc1ccccc1. The highest BCUT2D eigenvalue weighted by Gasteiger charge is 2.16. The van der Waals surface area contributed by atoms with Gasteiger partial charge in [-0.15, -0.1) is 0 Å². The molecule has 5 nitrogen and oxygen atoms in total. The smallest absolute Gasteiger partial charge is 0.340 e. The minimum atomic E-state index is -0.412. The highest BCUT2D eigenvalue weighted by Crippen LogP contribution is 2.23. The van der Waals surface area contributed by atoms with Crippen LogP contribution in [-0.2, 0) is 11.3 Å². The lowest BCUT2D eigenvalue weighted by Gasteiger charge is -2.07. The number of methoxy groups -OCH3 is 1. The van der Waals surface area contributed by atoms with Gasteiger partial charge in [-0.05, 0) is 17.7 Å². The van der Waals surface area contributed by atoms with Crippen LogP contribution in [0.2, 0.25) is 0 Å². The predicted octanol–water partition coefficient (Wildman–Crippen LogP) is 2.45. The molecule has 0 atom stereocenters. The molecular formula is C16H15N3O2. The molecular weight excluding hydrogens is 266 g/mol. The van der Waals surface area contributed by atoms with Gasteiger partial charge in [-0.2, -0.15) is 0 Å². The molecule has 0 unspecified atom stereocenters. The van der Waals surface area contributed by atoms with Crippen molar-refractivity contribution in [1.29, 1.82) is 0 Å². The Morgan fingerprint density at radius 2 is 1.95 bits per heavy atom. The Morgan fingerprint density at radius 1 is 1.19 bits per heavy atom. The molecule has 0 radical (unpaired) electrons. The number of rotatable bonds is 3. The maximum atomic E-state index is 11.8. The first-order valence-electron chi connectivity index (χ1n) is 6.57. The fourth-order valence-corrected chi connectivity index (χ4v) is 2.37. The van der Waals surface area contributed by atoms with Gasteiger partial charge in [0.1, 0.15) is 5.52 Å². The minimum absolute atomic E-state index is 0.380. The van der Waals surface area contributed by atoms with E-state index in [1.807, 2.05) is 41.0 Å². The van der Waals surface area contributed by atoms with Crippen LogP contribution in [0.4, 0.5) is 5.95 Å². The summed E-state index contributed by atoms with van der Waals surface area (Å²) in [5.74, 6) is -0.0323. The van der Waals surface area contributed by atoms with E-state index in [2.05, 4.69) is 4.98 Å². The zero-order chi connectivity index (χ0) is 14.8. The zero-order valence-corrected chi connectivity index (χ0v) is 11.6. The Labute approximate surface area is 122 Å². The monoisotopic (exact) mass is 281 g/mol.